The second-order valence-electron chi connectivity index (χ2n) is 7.90. The van der Waals surface area contributed by atoms with E-state index in [1.54, 1.807) is 5.19 Å². The van der Waals surface area contributed by atoms with Crippen LogP contribution < -0.4 is 5.19 Å². The first kappa shape index (κ1) is 15.0. The van der Waals surface area contributed by atoms with Gasteiger partial charge in [0.1, 0.15) is 5.78 Å². The fourth-order valence-electron chi connectivity index (χ4n) is 5.38. The maximum Gasteiger partial charge on any atom is 0.133 e. The maximum absolute atomic E-state index is 12.4. The van der Waals surface area contributed by atoms with Crippen LogP contribution in [0.3, 0.4) is 0 Å². The third-order valence-electron chi connectivity index (χ3n) is 6.59. The normalized spacial score (nSPS) is 33.6. The Morgan fingerprint density at radius 2 is 1.86 bits per heavy atom. The minimum atomic E-state index is -1.67. The van der Waals surface area contributed by atoms with Crippen molar-refractivity contribution in [2.24, 2.45) is 11.8 Å². The van der Waals surface area contributed by atoms with Crippen LogP contribution in [0.2, 0.25) is 18.1 Å². The zero-order chi connectivity index (χ0) is 15.1. The third kappa shape index (κ3) is 2.32. The van der Waals surface area contributed by atoms with Gasteiger partial charge in [-0.2, -0.15) is 0 Å². The lowest BCUT2D eigenvalue weighted by Gasteiger charge is -2.57. The second kappa shape index (κ2) is 5.39. The summed E-state index contributed by atoms with van der Waals surface area (Å²) < 4.78 is 0. The number of hydrogen-bond donors (Lipinski definition) is 0. The van der Waals surface area contributed by atoms with Gasteiger partial charge in [-0.3, -0.25) is 4.79 Å². The SMILES string of the molecule is C[C@@H]1CC(=O)C[C@@]2([Si](C)(C)c3ccccc3)CCCC[C@@H]12. The van der Waals surface area contributed by atoms with Gasteiger partial charge in [-0.05, 0) is 29.7 Å². The molecule has 2 fully saturated rings. The number of Topliss-reactive ketones (excluding diaryl/α,β-unsaturated/α-hetero) is 1. The Balaban J connectivity index is 2.08. The molecule has 2 saturated carbocycles. The summed E-state index contributed by atoms with van der Waals surface area (Å²) in [5.41, 5.74) is 0. The van der Waals surface area contributed by atoms with Gasteiger partial charge in [-0.1, -0.05) is 68.4 Å². The van der Waals surface area contributed by atoms with Crippen LogP contribution in [-0.4, -0.2) is 13.9 Å². The molecule has 0 saturated heterocycles. The average Bonchev–Trinajstić information content (AvgIpc) is 2.47. The van der Waals surface area contributed by atoms with Crippen LogP contribution in [0.25, 0.3) is 0 Å². The summed E-state index contributed by atoms with van der Waals surface area (Å²) in [6.45, 7) is 7.37. The van der Waals surface area contributed by atoms with Crippen LogP contribution in [0.4, 0.5) is 0 Å². The van der Waals surface area contributed by atoms with E-state index in [2.05, 4.69) is 50.3 Å². The Morgan fingerprint density at radius 3 is 2.57 bits per heavy atom. The van der Waals surface area contributed by atoms with Gasteiger partial charge in [0.25, 0.3) is 0 Å². The molecule has 21 heavy (non-hydrogen) atoms. The number of rotatable bonds is 2. The van der Waals surface area contributed by atoms with Crippen LogP contribution >= 0.6 is 0 Å². The number of carbonyl (C=O) groups is 1. The van der Waals surface area contributed by atoms with E-state index in [1.807, 2.05) is 0 Å². The van der Waals surface area contributed by atoms with E-state index in [1.165, 1.54) is 25.7 Å². The minimum absolute atomic E-state index is 0.307. The topological polar surface area (TPSA) is 17.1 Å². The second-order valence-corrected chi connectivity index (χ2v) is 12.7. The number of hydrogen-bond acceptors (Lipinski definition) is 1. The summed E-state index contributed by atoms with van der Waals surface area (Å²) in [6.07, 6.45) is 6.99. The van der Waals surface area contributed by atoms with Crippen LogP contribution in [0.5, 0.6) is 0 Å². The molecule has 2 heteroatoms. The molecule has 0 aromatic heterocycles. The zero-order valence-electron chi connectivity index (χ0n) is 13.7. The molecule has 0 heterocycles. The van der Waals surface area contributed by atoms with Crippen LogP contribution in [0.15, 0.2) is 30.3 Å². The molecule has 0 N–H and O–H groups in total. The van der Waals surface area contributed by atoms with E-state index < -0.39 is 8.07 Å². The molecule has 0 radical (unpaired) electrons. The first-order chi connectivity index (χ1) is 9.97. The molecule has 0 unspecified atom stereocenters. The molecule has 0 spiro atoms. The predicted molar refractivity (Wildman–Crippen MR) is 91.6 cm³/mol. The van der Waals surface area contributed by atoms with E-state index in [9.17, 15) is 4.79 Å². The standard InChI is InChI=1S/C19H28OSi/c1-15-13-16(20)14-19(12-8-7-11-18(15)19)21(2,3)17-9-5-4-6-10-17/h4-6,9-10,15,18H,7-8,11-14H2,1-3H3/t15-,18+,19+/m1/s1. The van der Waals surface area contributed by atoms with E-state index in [-0.39, 0.29) is 0 Å². The van der Waals surface area contributed by atoms with Gasteiger partial charge in [-0.25, -0.2) is 0 Å². The highest BCUT2D eigenvalue weighted by molar-refractivity contribution is 6.92. The fraction of sp³-hybridized carbons (Fsp3) is 0.632. The molecule has 1 nitrogen and oxygen atoms in total. The van der Waals surface area contributed by atoms with Gasteiger partial charge in [0.05, 0.1) is 8.07 Å². The summed E-state index contributed by atoms with van der Waals surface area (Å²) >= 11 is 0. The van der Waals surface area contributed by atoms with Gasteiger partial charge in [0.15, 0.2) is 0 Å². The highest BCUT2D eigenvalue weighted by atomic mass is 28.3. The van der Waals surface area contributed by atoms with Crippen molar-refractivity contribution in [1.82, 2.24) is 0 Å². The van der Waals surface area contributed by atoms with Crippen molar-refractivity contribution < 1.29 is 4.79 Å². The summed E-state index contributed by atoms with van der Waals surface area (Å²) in [5, 5.41) is 1.85. The lowest BCUT2D eigenvalue weighted by Crippen LogP contribution is -2.60. The van der Waals surface area contributed by atoms with Crippen molar-refractivity contribution in [2.45, 2.75) is 63.6 Å². The Bertz CT molecular complexity index is 522. The Morgan fingerprint density at radius 1 is 1.14 bits per heavy atom. The molecule has 1 aromatic carbocycles. The van der Waals surface area contributed by atoms with Crippen molar-refractivity contribution in [2.75, 3.05) is 0 Å². The Kier molecular flexibility index (Phi) is 3.85. The molecule has 3 rings (SSSR count). The molecule has 0 aliphatic heterocycles. The van der Waals surface area contributed by atoms with Crippen LogP contribution in [0, 0.1) is 11.8 Å². The van der Waals surface area contributed by atoms with Crippen molar-refractivity contribution in [3.8, 4) is 0 Å². The van der Waals surface area contributed by atoms with E-state index in [4.69, 9.17) is 0 Å². The number of benzene rings is 1. The molecule has 1 aromatic rings. The van der Waals surface area contributed by atoms with E-state index >= 15 is 0 Å². The molecule has 3 atom stereocenters. The maximum atomic E-state index is 12.4. The predicted octanol–water partition coefficient (Wildman–Crippen LogP) is 4.53. The molecule has 2 aliphatic rings. The molecular formula is C19H28OSi. The highest BCUT2D eigenvalue weighted by Crippen LogP contribution is 2.61. The van der Waals surface area contributed by atoms with Gasteiger partial charge in [0.2, 0.25) is 0 Å². The van der Waals surface area contributed by atoms with Gasteiger partial charge >= 0.3 is 0 Å². The fourth-order valence-corrected chi connectivity index (χ4v) is 9.78. The van der Waals surface area contributed by atoms with E-state index in [0.29, 0.717) is 16.7 Å². The van der Waals surface area contributed by atoms with Crippen molar-refractivity contribution in [3.05, 3.63) is 30.3 Å². The summed E-state index contributed by atoms with van der Waals surface area (Å²) in [7, 11) is -1.67. The lowest BCUT2D eigenvalue weighted by molar-refractivity contribution is -0.124. The highest BCUT2D eigenvalue weighted by Gasteiger charge is 2.57. The molecular weight excluding hydrogens is 272 g/mol. The summed E-state index contributed by atoms with van der Waals surface area (Å²) in [6, 6.07) is 11.1. The number of ketones is 1. The third-order valence-corrected chi connectivity index (χ3v) is 11.7. The smallest absolute Gasteiger partial charge is 0.133 e. The molecule has 114 valence electrons. The monoisotopic (exact) mass is 300 g/mol. The lowest BCUT2D eigenvalue weighted by atomic mass is 9.65. The van der Waals surface area contributed by atoms with Crippen molar-refractivity contribution in [1.29, 1.82) is 0 Å². The molecule has 0 bridgehead atoms. The van der Waals surface area contributed by atoms with E-state index in [0.717, 1.165) is 18.8 Å². The number of carbonyl (C=O) groups excluding carboxylic acids is 1. The quantitative estimate of drug-likeness (QED) is 0.733. The van der Waals surface area contributed by atoms with Gasteiger partial charge in [0, 0.05) is 12.8 Å². The van der Waals surface area contributed by atoms with Crippen LogP contribution in [-0.2, 0) is 4.79 Å². The number of fused-ring (bicyclic) bond motifs is 1. The Hall–Kier alpha value is -0.893. The first-order valence-corrected chi connectivity index (χ1v) is 11.5. The summed E-state index contributed by atoms with van der Waals surface area (Å²) in [4.78, 5) is 12.4. The van der Waals surface area contributed by atoms with Crippen molar-refractivity contribution in [3.63, 3.8) is 0 Å². The Labute approximate surface area is 130 Å². The molecule has 0 amide bonds. The van der Waals surface area contributed by atoms with Gasteiger partial charge < -0.3 is 0 Å². The largest absolute Gasteiger partial charge is 0.300 e. The average molecular weight is 301 g/mol. The minimum Gasteiger partial charge on any atom is -0.300 e. The first-order valence-electron chi connectivity index (χ1n) is 8.54. The van der Waals surface area contributed by atoms with Crippen LogP contribution in [0.1, 0.15) is 45.4 Å². The summed E-state index contributed by atoms with van der Waals surface area (Å²) in [5.74, 6) is 1.88. The van der Waals surface area contributed by atoms with Crippen molar-refractivity contribution >= 4 is 19.0 Å². The van der Waals surface area contributed by atoms with Gasteiger partial charge in [-0.15, -0.1) is 0 Å². The molecule has 2 aliphatic carbocycles. The zero-order valence-corrected chi connectivity index (χ0v) is 14.7.